The lowest BCUT2D eigenvalue weighted by molar-refractivity contribution is 0.0741. The van der Waals surface area contributed by atoms with Crippen molar-refractivity contribution >= 4 is 17.7 Å². The van der Waals surface area contributed by atoms with Gasteiger partial charge in [-0.3, -0.25) is 4.79 Å². The van der Waals surface area contributed by atoms with Crippen molar-refractivity contribution in [3.63, 3.8) is 0 Å². The lowest BCUT2D eigenvalue weighted by atomic mass is 10.1. The van der Waals surface area contributed by atoms with Crippen LogP contribution in [0.5, 0.6) is 11.5 Å². The van der Waals surface area contributed by atoms with Gasteiger partial charge in [-0.1, -0.05) is 6.07 Å². The average Bonchev–Trinajstić information content (AvgIpc) is 2.81. The molecule has 1 atom stereocenters. The SMILES string of the molecule is CN(C(=O)c1c(O)cccc1O)C1CCSC1. The Kier molecular flexibility index (Phi) is 3.47. The molecule has 0 aromatic heterocycles. The fourth-order valence-electron chi connectivity index (χ4n) is 1.92. The normalized spacial score (nSPS) is 19.2. The number of rotatable bonds is 2. The Bertz CT molecular complexity index is 410. The van der Waals surface area contributed by atoms with Gasteiger partial charge in [0.05, 0.1) is 0 Å². The summed E-state index contributed by atoms with van der Waals surface area (Å²) in [6.07, 6.45) is 0.960. The topological polar surface area (TPSA) is 60.8 Å². The average molecular weight is 253 g/mol. The van der Waals surface area contributed by atoms with Crippen molar-refractivity contribution < 1.29 is 15.0 Å². The van der Waals surface area contributed by atoms with Crippen LogP contribution in [0.1, 0.15) is 16.8 Å². The van der Waals surface area contributed by atoms with Gasteiger partial charge < -0.3 is 15.1 Å². The molecule has 1 aliphatic rings. The predicted octanol–water partition coefficient (Wildman–Crippen LogP) is 1.68. The smallest absolute Gasteiger partial charge is 0.261 e. The molecule has 0 radical (unpaired) electrons. The lowest BCUT2D eigenvalue weighted by Crippen LogP contribution is -2.37. The van der Waals surface area contributed by atoms with E-state index in [-0.39, 0.29) is 29.0 Å². The number of aromatic hydroxyl groups is 2. The molecule has 1 heterocycles. The van der Waals surface area contributed by atoms with Crippen LogP contribution in [0.15, 0.2) is 18.2 Å². The van der Waals surface area contributed by atoms with Gasteiger partial charge in [0.15, 0.2) is 0 Å². The van der Waals surface area contributed by atoms with Gasteiger partial charge in [0.1, 0.15) is 17.1 Å². The zero-order chi connectivity index (χ0) is 12.4. The minimum absolute atomic E-state index is 0.00750. The van der Waals surface area contributed by atoms with Gasteiger partial charge in [0, 0.05) is 18.8 Å². The molecule has 1 aliphatic heterocycles. The van der Waals surface area contributed by atoms with E-state index in [4.69, 9.17) is 0 Å². The second-order valence-corrected chi connectivity index (χ2v) is 5.25. The minimum Gasteiger partial charge on any atom is -0.507 e. The molecule has 0 aliphatic carbocycles. The third-order valence-electron chi connectivity index (χ3n) is 3.01. The second-order valence-electron chi connectivity index (χ2n) is 4.10. The highest BCUT2D eigenvalue weighted by Gasteiger charge is 2.27. The summed E-state index contributed by atoms with van der Waals surface area (Å²) < 4.78 is 0. The maximum absolute atomic E-state index is 12.2. The molecule has 0 spiro atoms. The predicted molar refractivity (Wildman–Crippen MR) is 67.6 cm³/mol. The van der Waals surface area contributed by atoms with Crippen LogP contribution in [0.4, 0.5) is 0 Å². The van der Waals surface area contributed by atoms with E-state index in [2.05, 4.69) is 0 Å². The summed E-state index contributed by atoms with van der Waals surface area (Å²) >= 11 is 1.81. The van der Waals surface area contributed by atoms with Crippen molar-refractivity contribution in [1.82, 2.24) is 4.90 Å². The zero-order valence-corrected chi connectivity index (χ0v) is 10.4. The standard InChI is InChI=1S/C12H15NO3S/c1-13(8-5-6-17-7-8)12(16)11-9(14)3-2-4-10(11)15/h2-4,8,14-15H,5-7H2,1H3. The summed E-state index contributed by atoms with van der Waals surface area (Å²) in [5.41, 5.74) is -0.00750. The molecule has 1 saturated heterocycles. The first-order valence-electron chi connectivity index (χ1n) is 5.47. The van der Waals surface area contributed by atoms with Crippen LogP contribution in [0.3, 0.4) is 0 Å². The lowest BCUT2D eigenvalue weighted by Gasteiger charge is -2.24. The quantitative estimate of drug-likeness (QED) is 0.841. The molecule has 2 rings (SSSR count). The summed E-state index contributed by atoms with van der Waals surface area (Å²) in [7, 11) is 1.71. The fraction of sp³-hybridized carbons (Fsp3) is 0.417. The third-order valence-corrected chi connectivity index (χ3v) is 4.15. The van der Waals surface area contributed by atoms with Gasteiger partial charge in [-0.05, 0) is 24.3 Å². The molecular formula is C12H15NO3S. The molecule has 1 amide bonds. The maximum Gasteiger partial charge on any atom is 0.261 e. The highest BCUT2D eigenvalue weighted by Crippen LogP contribution is 2.30. The molecular weight excluding hydrogens is 238 g/mol. The van der Waals surface area contributed by atoms with E-state index in [0.717, 1.165) is 17.9 Å². The number of hydrogen-bond acceptors (Lipinski definition) is 4. The Labute approximate surface area is 104 Å². The zero-order valence-electron chi connectivity index (χ0n) is 9.59. The van der Waals surface area contributed by atoms with E-state index in [9.17, 15) is 15.0 Å². The van der Waals surface area contributed by atoms with Crippen LogP contribution < -0.4 is 0 Å². The summed E-state index contributed by atoms with van der Waals surface area (Å²) in [6, 6.07) is 4.51. The second kappa shape index (κ2) is 4.87. The largest absolute Gasteiger partial charge is 0.507 e. The van der Waals surface area contributed by atoms with Gasteiger partial charge in [-0.25, -0.2) is 0 Å². The van der Waals surface area contributed by atoms with Gasteiger partial charge in [-0.15, -0.1) is 0 Å². The van der Waals surface area contributed by atoms with E-state index in [1.54, 1.807) is 11.9 Å². The first kappa shape index (κ1) is 12.1. The van der Waals surface area contributed by atoms with E-state index in [1.165, 1.54) is 18.2 Å². The molecule has 1 unspecified atom stereocenters. The highest BCUT2D eigenvalue weighted by atomic mass is 32.2. The molecule has 2 N–H and O–H groups in total. The van der Waals surface area contributed by atoms with Gasteiger partial charge in [0.25, 0.3) is 5.91 Å². The van der Waals surface area contributed by atoms with Crippen LogP contribution in [0.2, 0.25) is 0 Å². The molecule has 1 aromatic rings. The molecule has 5 heteroatoms. The van der Waals surface area contributed by atoms with Crippen LogP contribution in [-0.2, 0) is 0 Å². The monoisotopic (exact) mass is 253 g/mol. The number of carbonyl (C=O) groups excluding carboxylic acids is 1. The maximum atomic E-state index is 12.2. The minimum atomic E-state index is -0.326. The van der Waals surface area contributed by atoms with Gasteiger partial charge in [0.2, 0.25) is 0 Å². The molecule has 1 fully saturated rings. The summed E-state index contributed by atoms with van der Waals surface area (Å²) in [4.78, 5) is 13.8. The van der Waals surface area contributed by atoms with Crippen LogP contribution in [0.25, 0.3) is 0 Å². The number of nitrogens with zero attached hydrogens (tertiary/aromatic N) is 1. The van der Waals surface area contributed by atoms with Crippen LogP contribution in [0, 0.1) is 0 Å². The summed E-state index contributed by atoms with van der Waals surface area (Å²) in [5, 5.41) is 19.3. The Morgan fingerprint density at radius 1 is 1.41 bits per heavy atom. The van der Waals surface area contributed by atoms with Crippen molar-refractivity contribution in [3.05, 3.63) is 23.8 Å². The van der Waals surface area contributed by atoms with Crippen molar-refractivity contribution in [2.45, 2.75) is 12.5 Å². The molecule has 0 saturated carbocycles. The Hall–Kier alpha value is -1.36. The number of phenolic OH excluding ortho intramolecular Hbond substituents is 2. The van der Waals surface area contributed by atoms with E-state index >= 15 is 0 Å². The Morgan fingerprint density at radius 2 is 2.06 bits per heavy atom. The van der Waals surface area contributed by atoms with Crippen molar-refractivity contribution in [2.75, 3.05) is 18.6 Å². The summed E-state index contributed by atoms with van der Waals surface area (Å²) in [5.74, 6) is 1.29. The summed E-state index contributed by atoms with van der Waals surface area (Å²) in [6.45, 7) is 0. The highest BCUT2D eigenvalue weighted by molar-refractivity contribution is 7.99. The molecule has 92 valence electrons. The first-order chi connectivity index (χ1) is 8.11. The van der Waals surface area contributed by atoms with E-state index in [0.29, 0.717) is 0 Å². The van der Waals surface area contributed by atoms with E-state index < -0.39 is 0 Å². The van der Waals surface area contributed by atoms with Gasteiger partial charge in [-0.2, -0.15) is 11.8 Å². The molecule has 1 aromatic carbocycles. The van der Waals surface area contributed by atoms with Crippen LogP contribution >= 0.6 is 11.8 Å². The third kappa shape index (κ3) is 2.34. The molecule has 4 nitrogen and oxygen atoms in total. The number of thioether (sulfide) groups is 1. The number of amides is 1. The van der Waals surface area contributed by atoms with Crippen LogP contribution in [-0.4, -0.2) is 45.6 Å². The number of carbonyl (C=O) groups is 1. The van der Waals surface area contributed by atoms with Crippen molar-refractivity contribution in [2.24, 2.45) is 0 Å². The number of hydrogen-bond donors (Lipinski definition) is 2. The van der Waals surface area contributed by atoms with Gasteiger partial charge >= 0.3 is 0 Å². The number of benzene rings is 1. The van der Waals surface area contributed by atoms with E-state index in [1.807, 2.05) is 11.8 Å². The van der Waals surface area contributed by atoms with Crippen molar-refractivity contribution in [1.29, 1.82) is 0 Å². The Balaban J connectivity index is 2.24. The number of phenols is 2. The molecule has 0 bridgehead atoms. The first-order valence-corrected chi connectivity index (χ1v) is 6.62. The Morgan fingerprint density at radius 3 is 2.59 bits per heavy atom. The fourth-order valence-corrected chi connectivity index (χ4v) is 3.18. The van der Waals surface area contributed by atoms with Crippen molar-refractivity contribution in [3.8, 4) is 11.5 Å². The molecule has 17 heavy (non-hydrogen) atoms.